The predicted octanol–water partition coefficient (Wildman–Crippen LogP) is 8.81. The first-order chi connectivity index (χ1) is 18.7. The molecule has 0 aliphatic carbocycles. The lowest BCUT2D eigenvalue weighted by atomic mass is 10.0. The second-order valence-electron chi connectivity index (χ2n) is 9.75. The van der Waals surface area contributed by atoms with Gasteiger partial charge in [-0.25, -0.2) is 0 Å². The third kappa shape index (κ3) is 3.61. The fraction of sp³-hybridized carbons (Fsp3) is 0.0588. The van der Waals surface area contributed by atoms with Gasteiger partial charge in [-0.05, 0) is 66.6 Å². The van der Waals surface area contributed by atoms with E-state index in [2.05, 4.69) is 134 Å². The summed E-state index contributed by atoms with van der Waals surface area (Å²) in [7, 11) is 0. The maximum absolute atomic E-state index is 5.01. The van der Waals surface area contributed by atoms with Crippen molar-refractivity contribution >= 4 is 49.6 Å². The SMILES string of the molecule is Cc1ccc(N(c2ccccc2-n2nc3ccc4ccccc4c3n2)c2ccc(C)c3ccccc23)cc1. The van der Waals surface area contributed by atoms with Crippen LogP contribution in [-0.4, -0.2) is 15.0 Å². The molecule has 6 aromatic carbocycles. The normalized spacial score (nSPS) is 11.4. The van der Waals surface area contributed by atoms with Gasteiger partial charge < -0.3 is 4.90 Å². The summed E-state index contributed by atoms with van der Waals surface area (Å²) < 4.78 is 0. The van der Waals surface area contributed by atoms with Crippen molar-refractivity contribution in [1.29, 1.82) is 0 Å². The van der Waals surface area contributed by atoms with E-state index in [0.29, 0.717) is 0 Å². The quantitative estimate of drug-likeness (QED) is 0.247. The summed E-state index contributed by atoms with van der Waals surface area (Å²) in [6.07, 6.45) is 0. The van der Waals surface area contributed by atoms with E-state index >= 15 is 0 Å². The molecule has 0 aliphatic rings. The Morgan fingerprint density at radius 2 is 1.26 bits per heavy atom. The maximum Gasteiger partial charge on any atom is 0.121 e. The van der Waals surface area contributed by atoms with Gasteiger partial charge in [0, 0.05) is 16.5 Å². The molecular formula is C34H26N4. The second-order valence-corrected chi connectivity index (χ2v) is 9.75. The lowest BCUT2D eigenvalue weighted by Gasteiger charge is -2.28. The monoisotopic (exact) mass is 490 g/mol. The van der Waals surface area contributed by atoms with E-state index in [0.717, 1.165) is 44.6 Å². The largest absolute Gasteiger partial charge is 0.308 e. The van der Waals surface area contributed by atoms with Crippen LogP contribution in [0, 0.1) is 13.8 Å². The fourth-order valence-corrected chi connectivity index (χ4v) is 5.31. The summed E-state index contributed by atoms with van der Waals surface area (Å²) in [5, 5.41) is 14.7. The van der Waals surface area contributed by atoms with Crippen LogP contribution in [0.5, 0.6) is 0 Å². The van der Waals surface area contributed by atoms with Gasteiger partial charge in [-0.1, -0.05) is 90.5 Å². The number of hydrogen-bond acceptors (Lipinski definition) is 3. The van der Waals surface area contributed by atoms with E-state index in [1.807, 2.05) is 6.07 Å². The Morgan fingerprint density at radius 1 is 0.553 bits per heavy atom. The molecule has 4 nitrogen and oxygen atoms in total. The summed E-state index contributed by atoms with van der Waals surface area (Å²) in [6.45, 7) is 4.28. The molecule has 0 amide bonds. The molecule has 0 aliphatic heterocycles. The molecule has 0 radical (unpaired) electrons. The number of rotatable bonds is 4. The first-order valence-corrected chi connectivity index (χ1v) is 12.9. The average Bonchev–Trinajstić information content (AvgIpc) is 3.41. The number of para-hydroxylation sites is 2. The second kappa shape index (κ2) is 8.86. The van der Waals surface area contributed by atoms with Gasteiger partial charge in [-0.15, -0.1) is 15.0 Å². The molecule has 0 fully saturated rings. The predicted molar refractivity (Wildman–Crippen MR) is 158 cm³/mol. The number of benzene rings is 6. The van der Waals surface area contributed by atoms with E-state index in [4.69, 9.17) is 10.2 Å². The van der Waals surface area contributed by atoms with Gasteiger partial charge in [0.15, 0.2) is 0 Å². The van der Waals surface area contributed by atoms with Crippen molar-refractivity contribution < 1.29 is 0 Å². The van der Waals surface area contributed by atoms with Gasteiger partial charge in [0.2, 0.25) is 0 Å². The molecule has 0 atom stereocenters. The molecule has 38 heavy (non-hydrogen) atoms. The Hall–Kier alpha value is -4.96. The Kier molecular flexibility index (Phi) is 5.19. The maximum atomic E-state index is 5.01. The van der Waals surface area contributed by atoms with Gasteiger partial charge in [0.1, 0.15) is 16.7 Å². The topological polar surface area (TPSA) is 34.0 Å². The van der Waals surface area contributed by atoms with Crippen LogP contribution in [-0.2, 0) is 0 Å². The first-order valence-electron chi connectivity index (χ1n) is 12.9. The first kappa shape index (κ1) is 22.3. The van der Waals surface area contributed by atoms with E-state index in [1.54, 1.807) is 4.80 Å². The highest BCUT2D eigenvalue weighted by Gasteiger charge is 2.21. The number of fused-ring (bicyclic) bond motifs is 4. The average molecular weight is 491 g/mol. The Balaban J connectivity index is 1.49. The van der Waals surface area contributed by atoms with E-state index in [-0.39, 0.29) is 0 Å². The Morgan fingerprint density at radius 3 is 2.11 bits per heavy atom. The van der Waals surface area contributed by atoms with Crippen molar-refractivity contribution in [1.82, 2.24) is 15.0 Å². The minimum atomic E-state index is 0.876. The van der Waals surface area contributed by atoms with Crippen LogP contribution < -0.4 is 4.90 Å². The van der Waals surface area contributed by atoms with Crippen molar-refractivity contribution in [3.63, 3.8) is 0 Å². The highest BCUT2D eigenvalue weighted by atomic mass is 15.5. The molecule has 0 saturated carbocycles. The van der Waals surface area contributed by atoms with Gasteiger partial charge >= 0.3 is 0 Å². The van der Waals surface area contributed by atoms with Crippen LogP contribution in [0.2, 0.25) is 0 Å². The number of hydrogen-bond donors (Lipinski definition) is 0. The van der Waals surface area contributed by atoms with Crippen LogP contribution >= 0.6 is 0 Å². The molecule has 1 aromatic heterocycles. The van der Waals surface area contributed by atoms with Crippen molar-refractivity contribution in [3.8, 4) is 5.69 Å². The lowest BCUT2D eigenvalue weighted by molar-refractivity contribution is 0.766. The van der Waals surface area contributed by atoms with Crippen molar-refractivity contribution in [2.75, 3.05) is 4.90 Å². The van der Waals surface area contributed by atoms with Gasteiger partial charge in [0.05, 0.1) is 11.4 Å². The highest BCUT2D eigenvalue weighted by Crippen LogP contribution is 2.42. The van der Waals surface area contributed by atoms with Gasteiger partial charge in [0.25, 0.3) is 0 Å². The van der Waals surface area contributed by atoms with E-state index in [1.165, 1.54) is 21.9 Å². The molecule has 7 rings (SSSR count). The highest BCUT2D eigenvalue weighted by molar-refractivity contribution is 6.04. The number of anilines is 3. The molecule has 4 heteroatoms. The minimum Gasteiger partial charge on any atom is -0.308 e. The van der Waals surface area contributed by atoms with Gasteiger partial charge in [-0.2, -0.15) is 0 Å². The summed E-state index contributed by atoms with van der Waals surface area (Å²) >= 11 is 0. The van der Waals surface area contributed by atoms with Crippen molar-refractivity contribution in [2.24, 2.45) is 0 Å². The molecule has 0 spiro atoms. The minimum absolute atomic E-state index is 0.876. The zero-order valence-electron chi connectivity index (χ0n) is 21.3. The molecule has 0 bridgehead atoms. The summed E-state index contributed by atoms with van der Waals surface area (Å²) in [4.78, 5) is 4.10. The van der Waals surface area contributed by atoms with Crippen molar-refractivity contribution in [3.05, 3.63) is 132 Å². The smallest absolute Gasteiger partial charge is 0.121 e. The lowest BCUT2D eigenvalue weighted by Crippen LogP contribution is -2.14. The zero-order valence-corrected chi connectivity index (χ0v) is 21.3. The third-order valence-corrected chi connectivity index (χ3v) is 7.27. The molecule has 0 unspecified atom stereocenters. The van der Waals surface area contributed by atoms with Crippen LogP contribution in [0.1, 0.15) is 11.1 Å². The number of aromatic nitrogens is 3. The summed E-state index contributed by atoms with van der Waals surface area (Å²) in [5.41, 5.74) is 8.38. The van der Waals surface area contributed by atoms with Crippen LogP contribution in [0.4, 0.5) is 17.1 Å². The Labute approximate surface area is 221 Å². The Bertz CT molecular complexity index is 1950. The van der Waals surface area contributed by atoms with Crippen LogP contribution in [0.15, 0.2) is 121 Å². The third-order valence-electron chi connectivity index (χ3n) is 7.27. The summed E-state index contributed by atoms with van der Waals surface area (Å²) in [5.74, 6) is 0. The van der Waals surface area contributed by atoms with Gasteiger partial charge in [-0.3, -0.25) is 0 Å². The fourth-order valence-electron chi connectivity index (χ4n) is 5.31. The molecule has 0 saturated heterocycles. The standard InChI is InChI=1S/C34H26N4/c1-23-15-19-26(20-16-23)37(31-22-17-24(2)27-10-5-6-12-29(27)31)32-13-7-8-14-33(32)38-35-30-21-18-25-9-3-4-11-28(25)34(30)36-38/h3-22H,1-2H3. The molecule has 1 heterocycles. The van der Waals surface area contributed by atoms with Crippen molar-refractivity contribution in [2.45, 2.75) is 13.8 Å². The van der Waals surface area contributed by atoms with Crippen LogP contribution in [0.3, 0.4) is 0 Å². The number of aryl methyl sites for hydroxylation is 2. The zero-order chi connectivity index (χ0) is 25.6. The summed E-state index contributed by atoms with van der Waals surface area (Å²) in [6, 6.07) is 42.6. The van der Waals surface area contributed by atoms with E-state index < -0.39 is 0 Å². The molecule has 7 aromatic rings. The molecular weight excluding hydrogens is 464 g/mol. The molecule has 0 N–H and O–H groups in total. The molecule has 182 valence electrons. The van der Waals surface area contributed by atoms with E-state index in [9.17, 15) is 0 Å². The van der Waals surface area contributed by atoms with Crippen LogP contribution in [0.25, 0.3) is 38.3 Å². The number of nitrogens with zero attached hydrogens (tertiary/aromatic N) is 4.